The summed E-state index contributed by atoms with van der Waals surface area (Å²) in [6, 6.07) is 10.2. The molecule has 3 rings (SSSR count). The van der Waals surface area contributed by atoms with Crippen molar-refractivity contribution in [2.24, 2.45) is 5.92 Å². The fourth-order valence-corrected chi connectivity index (χ4v) is 4.86. The molecule has 1 aliphatic rings. The number of hydrogen-bond acceptors (Lipinski definition) is 5. The number of benzene rings is 1. The molecule has 27 heavy (non-hydrogen) atoms. The van der Waals surface area contributed by atoms with Crippen molar-refractivity contribution in [1.82, 2.24) is 4.90 Å². The fraction of sp³-hybridized carbons (Fsp3) is 0.476. The van der Waals surface area contributed by atoms with E-state index >= 15 is 0 Å². The van der Waals surface area contributed by atoms with Gasteiger partial charge in [0, 0.05) is 27.9 Å². The third-order valence-corrected chi connectivity index (χ3v) is 6.48. The van der Waals surface area contributed by atoms with E-state index in [0.29, 0.717) is 6.54 Å². The van der Waals surface area contributed by atoms with Gasteiger partial charge in [-0.15, -0.1) is 11.3 Å². The highest BCUT2D eigenvalue weighted by Gasteiger charge is 2.33. The van der Waals surface area contributed by atoms with Crippen LogP contribution in [0.2, 0.25) is 0 Å². The first-order valence-corrected chi connectivity index (χ1v) is 10.2. The van der Waals surface area contributed by atoms with Crippen molar-refractivity contribution in [3.05, 3.63) is 45.6 Å². The lowest BCUT2D eigenvalue weighted by molar-refractivity contribution is -0.143. The average Bonchev–Trinajstić information content (AvgIpc) is 3.17. The minimum atomic E-state index is -0.708. The minimum Gasteiger partial charge on any atom is -0.497 e. The van der Waals surface area contributed by atoms with E-state index in [1.165, 1.54) is 9.75 Å². The summed E-state index contributed by atoms with van der Waals surface area (Å²) >= 11 is 1.79. The summed E-state index contributed by atoms with van der Waals surface area (Å²) in [5, 5.41) is 9.52. The number of methoxy groups -OCH3 is 2. The van der Waals surface area contributed by atoms with E-state index in [0.717, 1.165) is 42.9 Å². The van der Waals surface area contributed by atoms with Crippen LogP contribution in [0.4, 0.5) is 0 Å². The monoisotopic (exact) mass is 389 g/mol. The second kappa shape index (κ2) is 8.76. The third kappa shape index (κ3) is 4.28. The highest BCUT2D eigenvalue weighted by Crippen LogP contribution is 2.41. The first-order chi connectivity index (χ1) is 13.1. The molecule has 146 valence electrons. The predicted molar refractivity (Wildman–Crippen MR) is 107 cm³/mol. The van der Waals surface area contributed by atoms with Gasteiger partial charge in [-0.3, -0.25) is 9.69 Å². The highest BCUT2D eigenvalue weighted by molar-refractivity contribution is 7.12. The molecule has 0 aliphatic carbocycles. The molecule has 1 aromatic heterocycles. The predicted octanol–water partition coefficient (Wildman–Crippen LogP) is 4.21. The third-order valence-electron chi connectivity index (χ3n) is 5.20. The van der Waals surface area contributed by atoms with Crippen LogP contribution in [0, 0.1) is 5.92 Å². The molecule has 2 atom stereocenters. The molecule has 2 heterocycles. The lowest BCUT2D eigenvalue weighted by Gasteiger charge is -2.37. The van der Waals surface area contributed by atoms with Gasteiger partial charge in [0.25, 0.3) is 0 Å². The molecule has 2 aromatic rings. The van der Waals surface area contributed by atoms with Crippen LogP contribution in [0.3, 0.4) is 0 Å². The summed E-state index contributed by atoms with van der Waals surface area (Å²) in [5.74, 6) is 0.483. The molecule has 0 spiro atoms. The van der Waals surface area contributed by atoms with Crippen molar-refractivity contribution < 1.29 is 19.4 Å². The highest BCUT2D eigenvalue weighted by atomic mass is 32.1. The quantitative estimate of drug-likeness (QED) is 0.769. The maximum absolute atomic E-state index is 11.6. The molecule has 1 aliphatic heterocycles. The van der Waals surface area contributed by atoms with E-state index in [-0.39, 0.29) is 12.0 Å². The Morgan fingerprint density at radius 1 is 1.30 bits per heavy atom. The zero-order chi connectivity index (χ0) is 19.4. The van der Waals surface area contributed by atoms with Gasteiger partial charge >= 0.3 is 5.97 Å². The number of rotatable bonds is 7. The maximum Gasteiger partial charge on any atom is 0.307 e. The first kappa shape index (κ1) is 19.7. The van der Waals surface area contributed by atoms with Gasteiger partial charge in [0.05, 0.1) is 26.2 Å². The molecule has 2 unspecified atom stereocenters. The van der Waals surface area contributed by atoms with Crippen molar-refractivity contribution in [2.75, 3.05) is 27.3 Å². The van der Waals surface area contributed by atoms with E-state index in [2.05, 4.69) is 24.0 Å². The number of piperidine rings is 1. The normalized spacial score (nSPS) is 18.9. The van der Waals surface area contributed by atoms with E-state index < -0.39 is 5.97 Å². The molecule has 0 bridgehead atoms. The summed E-state index contributed by atoms with van der Waals surface area (Å²) in [6.07, 6.45) is 2.62. The number of aryl methyl sites for hydroxylation is 1. The molecule has 6 heteroatoms. The van der Waals surface area contributed by atoms with Gasteiger partial charge in [-0.25, -0.2) is 0 Å². The Morgan fingerprint density at radius 2 is 2.11 bits per heavy atom. The Morgan fingerprint density at radius 3 is 2.74 bits per heavy atom. The van der Waals surface area contributed by atoms with Crippen molar-refractivity contribution in [3.8, 4) is 11.5 Å². The van der Waals surface area contributed by atoms with Crippen LogP contribution in [-0.2, 0) is 11.2 Å². The van der Waals surface area contributed by atoms with Gasteiger partial charge in [0.15, 0.2) is 0 Å². The van der Waals surface area contributed by atoms with Crippen LogP contribution in [0.5, 0.6) is 11.5 Å². The van der Waals surface area contributed by atoms with E-state index in [9.17, 15) is 9.90 Å². The number of likely N-dealkylation sites (tertiary alicyclic amines) is 1. The van der Waals surface area contributed by atoms with Crippen LogP contribution in [0.1, 0.15) is 41.1 Å². The number of hydrogen-bond donors (Lipinski definition) is 1. The first-order valence-electron chi connectivity index (χ1n) is 9.34. The number of ether oxygens (including phenoxy) is 2. The average molecular weight is 390 g/mol. The standard InChI is InChI=1S/C21H27NO4S/c1-4-16-8-10-19(27-16)20(22-11-5-6-14(13-22)21(23)24)17-9-7-15(25-2)12-18(17)26-3/h7-10,12,14,20H,4-6,11,13H2,1-3H3,(H,23,24). The SMILES string of the molecule is CCc1ccc(C(c2ccc(OC)cc2OC)N2CCCC(C(=O)O)C2)s1. The smallest absolute Gasteiger partial charge is 0.307 e. The number of carboxylic acids is 1. The van der Waals surface area contributed by atoms with Crippen LogP contribution in [0.15, 0.2) is 30.3 Å². The van der Waals surface area contributed by atoms with E-state index in [1.54, 1.807) is 25.6 Å². The molecule has 0 amide bonds. The Labute approximate surface area is 164 Å². The summed E-state index contributed by atoms with van der Waals surface area (Å²) in [5.41, 5.74) is 1.05. The zero-order valence-electron chi connectivity index (χ0n) is 16.1. The van der Waals surface area contributed by atoms with Crippen LogP contribution in [0.25, 0.3) is 0 Å². The summed E-state index contributed by atoms with van der Waals surface area (Å²) in [4.78, 5) is 16.4. The summed E-state index contributed by atoms with van der Waals surface area (Å²) < 4.78 is 11.0. The van der Waals surface area contributed by atoms with Gasteiger partial charge < -0.3 is 14.6 Å². The minimum absolute atomic E-state index is 0.0155. The number of thiophene rings is 1. The second-order valence-electron chi connectivity index (χ2n) is 6.84. The molecule has 1 fully saturated rings. The molecule has 0 saturated carbocycles. The number of carbonyl (C=O) groups is 1. The maximum atomic E-state index is 11.6. The lowest BCUT2D eigenvalue weighted by atomic mass is 9.93. The van der Waals surface area contributed by atoms with Gasteiger partial charge in [-0.05, 0) is 50.1 Å². The molecule has 0 radical (unpaired) electrons. The molecular weight excluding hydrogens is 362 g/mol. The van der Waals surface area contributed by atoms with Crippen molar-refractivity contribution >= 4 is 17.3 Å². The molecular formula is C21H27NO4S. The molecule has 1 aromatic carbocycles. The van der Waals surface area contributed by atoms with Gasteiger partial charge in [-0.2, -0.15) is 0 Å². The van der Waals surface area contributed by atoms with Crippen molar-refractivity contribution in [1.29, 1.82) is 0 Å². The topological polar surface area (TPSA) is 59.0 Å². The van der Waals surface area contributed by atoms with Gasteiger partial charge in [0.2, 0.25) is 0 Å². The summed E-state index contributed by atoms with van der Waals surface area (Å²) in [7, 11) is 3.30. The van der Waals surface area contributed by atoms with Gasteiger partial charge in [0.1, 0.15) is 11.5 Å². The molecule has 1 N–H and O–H groups in total. The fourth-order valence-electron chi connectivity index (χ4n) is 3.75. The van der Waals surface area contributed by atoms with E-state index in [1.807, 2.05) is 18.2 Å². The Kier molecular flexibility index (Phi) is 6.39. The number of aliphatic carboxylic acids is 1. The van der Waals surface area contributed by atoms with Crippen LogP contribution in [-0.4, -0.2) is 43.3 Å². The lowest BCUT2D eigenvalue weighted by Crippen LogP contribution is -2.41. The second-order valence-corrected chi connectivity index (χ2v) is 8.04. The van der Waals surface area contributed by atoms with Crippen molar-refractivity contribution in [3.63, 3.8) is 0 Å². The van der Waals surface area contributed by atoms with Crippen molar-refractivity contribution in [2.45, 2.75) is 32.2 Å². The Hall–Kier alpha value is -2.05. The Bertz CT molecular complexity index is 788. The largest absolute Gasteiger partial charge is 0.497 e. The molecule has 1 saturated heterocycles. The van der Waals surface area contributed by atoms with E-state index in [4.69, 9.17) is 9.47 Å². The molecule has 5 nitrogen and oxygen atoms in total. The number of carboxylic acid groups (broad SMARTS) is 1. The summed E-state index contributed by atoms with van der Waals surface area (Å²) in [6.45, 7) is 3.58. The Balaban J connectivity index is 2.04. The zero-order valence-corrected chi connectivity index (χ0v) is 16.9. The van der Waals surface area contributed by atoms with Gasteiger partial charge in [-0.1, -0.05) is 6.92 Å². The van der Waals surface area contributed by atoms with Crippen LogP contribution < -0.4 is 9.47 Å². The van der Waals surface area contributed by atoms with Crippen LogP contribution >= 0.6 is 11.3 Å². The number of nitrogens with zero attached hydrogens (tertiary/aromatic N) is 1.